The highest BCUT2D eigenvalue weighted by Crippen LogP contribution is 2.08. The number of dihydropyridines is 1. The number of hydrogen-bond acceptors (Lipinski definition) is 4. The fourth-order valence-corrected chi connectivity index (χ4v) is 0.909. The van der Waals surface area contributed by atoms with E-state index in [9.17, 15) is 0 Å². The second-order valence-corrected chi connectivity index (χ2v) is 2.15. The van der Waals surface area contributed by atoms with Gasteiger partial charge in [0.2, 0.25) is 0 Å². The largest absolute Gasteiger partial charge is 0.493 e. The smallest absolute Gasteiger partial charge is 0.483 e. The van der Waals surface area contributed by atoms with Crippen molar-refractivity contribution in [2.75, 3.05) is 13.7 Å². The molecule has 5 heteroatoms. The summed E-state index contributed by atoms with van der Waals surface area (Å²) in [4.78, 5) is 0. The summed E-state index contributed by atoms with van der Waals surface area (Å²) in [6.45, 7) is 4.65. The molecule has 13 heavy (non-hydrogen) atoms. The molecular formula is C8H16BNO3. The van der Waals surface area contributed by atoms with Crippen molar-refractivity contribution in [3.8, 4) is 0 Å². The lowest BCUT2D eigenvalue weighted by Crippen LogP contribution is -2.27. The van der Waals surface area contributed by atoms with Crippen LogP contribution in [-0.4, -0.2) is 30.8 Å². The topological polar surface area (TPSA) is 61.7 Å². The summed E-state index contributed by atoms with van der Waals surface area (Å²) in [5.41, 5.74) is 0.360. The van der Waals surface area contributed by atoms with E-state index in [1.165, 1.54) is 7.11 Å². The first-order valence-electron chi connectivity index (χ1n) is 4.30. The van der Waals surface area contributed by atoms with Gasteiger partial charge in [0.1, 0.15) is 0 Å². The maximum absolute atomic E-state index is 8.81. The van der Waals surface area contributed by atoms with Crippen LogP contribution >= 0.6 is 0 Å². The molecule has 0 aromatic heterocycles. The van der Waals surface area contributed by atoms with Crippen LogP contribution < -0.4 is 5.32 Å². The molecule has 74 valence electrons. The van der Waals surface area contributed by atoms with Crippen molar-refractivity contribution in [3.05, 3.63) is 23.5 Å². The fourth-order valence-electron chi connectivity index (χ4n) is 0.909. The molecule has 0 radical (unpaired) electrons. The van der Waals surface area contributed by atoms with Gasteiger partial charge in [-0.2, -0.15) is 0 Å². The van der Waals surface area contributed by atoms with Crippen molar-refractivity contribution in [1.29, 1.82) is 0 Å². The van der Waals surface area contributed by atoms with Crippen molar-refractivity contribution in [2.45, 2.75) is 13.8 Å². The Balaban J connectivity index is 0.000000671. The van der Waals surface area contributed by atoms with Gasteiger partial charge in [0.25, 0.3) is 0 Å². The summed E-state index contributed by atoms with van der Waals surface area (Å²) < 4.78 is 4.86. The first kappa shape index (κ1) is 12.1. The molecule has 0 aromatic carbocycles. The zero-order chi connectivity index (χ0) is 10.3. The Labute approximate surface area is 79.1 Å². The normalized spacial score (nSPS) is 14.2. The van der Waals surface area contributed by atoms with E-state index in [2.05, 4.69) is 5.32 Å². The van der Waals surface area contributed by atoms with Gasteiger partial charge in [-0.05, 0) is 0 Å². The first-order chi connectivity index (χ1) is 6.25. The van der Waals surface area contributed by atoms with Gasteiger partial charge in [-0.15, -0.1) is 0 Å². The molecule has 0 aromatic rings. The molecule has 0 fully saturated rings. The predicted molar refractivity (Wildman–Crippen MR) is 52.7 cm³/mol. The molecular weight excluding hydrogens is 169 g/mol. The van der Waals surface area contributed by atoms with Crippen LogP contribution in [-0.2, 0) is 4.74 Å². The number of methoxy groups -OCH3 is 1. The first-order valence-corrected chi connectivity index (χ1v) is 4.30. The van der Waals surface area contributed by atoms with Crippen molar-refractivity contribution >= 4 is 7.12 Å². The van der Waals surface area contributed by atoms with Gasteiger partial charge in [0.15, 0.2) is 5.88 Å². The van der Waals surface area contributed by atoms with E-state index in [1.54, 1.807) is 12.2 Å². The van der Waals surface area contributed by atoms with Crippen molar-refractivity contribution in [3.63, 3.8) is 0 Å². The summed E-state index contributed by atoms with van der Waals surface area (Å²) in [6.07, 6.45) is 3.41. The average Bonchev–Trinajstić information content (AvgIpc) is 2.20. The van der Waals surface area contributed by atoms with Crippen LogP contribution in [0.25, 0.3) is 0 Å². The molecule has 1 rings (SSSR count). The SMILES string of the molecule is CC.COC1=C(B(O)O)C=CCN1. The van der Waals surface area contributed by atoms with Gasteiger partial charge in [-0.3, -0.25) is 0 Å². The fraction of sp³-hybridized carbons (Fsp3) is 0.500. The minimum absolute atomic E-state index is 0.360. The highest BCUT2D eigenvalue weighted by Gasteiger charge is 2.19. The van der Waals surface area contributed by atoms with Crippen LogP contribution in [0.4, 0.5) is 0 Å². The predicted octanol–water partition coefficient (Wildman–Crippen LogP) is 0.0420. The number of nitrogens with one attached hydrogen (secondary N) is 1. The Morgan fingerprint density at radius 2 is 2.08 bits per heavy atom. The Bertz CT molecular complexity index is 202. The third kappa shape index (κ3) is 3.52. The lowest BCUT2D eigenvalue weighted by atomic mass is 9.78. The van der Waals surface area contributed by atoms with Crippen LogP contribution in [0.1, 0.15) is 13.8 Å². The van der Waals surface area contributed by atoms with Gasteiger partial charge in [0, 0.05) is 12.0 Å². The summed E-state index contributed by atoms with van der Waals surface area (Å²) in [6, 6.07) is 0. The minimum Gasteiger partial charge on any atom is -0.483 e. The second-order valence-electron chi connectivity index (χ2n) is 2.15. The zero-order valence-corrected chi connectivity index (χ0v) is 8.24. The monoisotopic (exact) mass is 185 g/mol. The third-order valence-corrected chi connectivity index (χ3v) is 1.42. The summed E-state index contributed by atoms with van der Waals surface area (Å²) in [5, 5.41) is 20.5. The van der Waals surface area contributed by atoms with E-state index in [0.29, 0.717) is 17.9 Å². The molecule has 0 saturated heterocycles. The van der Waals surface area contributed by atoms with Crippen LogP contribution in [0, 0.1) is 0 Å². The number of rotatable bonds is 2. The van der Waals surface area contributed by atoms with Gasteiger partial charge in [0.05, 0.1) is 7.11 Å². The number of hydrogen-bond donors (Lipinski definition) is 3. The van der Waals surface area contributed by atoms with Gasteiger partial charge in [-0.25, -0.2) is 0 Å². The average molecular weight is 185 g/mol. The molecule has 0 bridgehead atoms. The maximum atomic E-state index is 8.81. The van der Waals surface area contributed by atoms with Gasteiger partial charge < -0.3 is 20.1 Å². The molecule has 0 atom stereocenters. The van der Waals surface area contributed by atoms with E-state index in [4.69, 9.17) is 14.8 Å². The van der Waals surface area contributed by atoms with Crippen LogP contribution in [0.2, 0.25) is 0 Å². The van der Waals surface area contributed by atoms with E-state index in [0.717, 1.165) is 0 Å². The quantitative estimate of drug-likeness (QED) is 0.531. The molecule has 1 aliphatic rings. The lowest BCUT2D eigenvalue weighted by molar-refractivity contribution is 0.259. The Hall–Kier alpha value is -0.935. The molecule has 0 spiro atoms. The molecule has 1 aliphatic heterocycles. The van der Waals surface area contributed by atoms with E-state index in [1.807, 2.05) is 13.8 Å². The molecule has 0 amide bonds. The molecule has 0 aliphatic carbocycles. The van der Waals surface area contributed by atoms with Crippen LogP contribution in [0.15, 0.2) is 23.5 Å². The number of ether oxygens (including phenoxy) is 1. The molecule has 4 nitrogen and oxygen atoms in total. The summed E-state index contributed by atoms with van der Waals surface area (Å²) in [5.74, 6) is 0.419. The molecule has 0 unspecified atom stereocenters. The standard InChI is InChI=1S/C6H10BNO3.C2H6/c1-11-6-5(7(9)10)3-2-4-8-6;1-2/h2-3,8-10H,4H2,1H3;1-2H3. The van der Waals surface area contributed by atoms with Crippen LogP contribution in [0.5, 0.6) is 0 Å². The van der Waals surface area contributed by atoms with Gasteiger partial charge in [-0.1, -0.05) is 26.0 Å². The second kappa shape index (κ2) is 6.57. The number of allylic oxidation sites excluding steroid dienone is 2. The highest BCUT2D eigenvalue weighted by atomic mass is 16.5. The van der Waals surface area contributed by atoms with Gasteiger partial charge >= 0.3 is 7.12 Å². The Kier molecular flexibility index (Phi) is 6.09. The van der Waals surface area contributed by atoms with Crippen LogP contribution in [0.3, 0.4) is 0 Å². The summed E-state index contributed by atoms with van der Waals surface area (Å²) in [7, 11) is -0.00171. The van der Waals surface area contributed by atoms with E-state index >= 15 is 0 Å². The van der Waals surface area contributed by atoms with E-state index < -0.39 is 7.12 Å². The zero-order valence-electron chi connectivity index (χ0n) is 8.24. The lowest BCUT2D eigenvalue weighted by Gasteiger charge is -2.15. The van der Waals surface area contributed by atoms with Crippen molar-refractivity contribution in [2.24, 2.45) is 0 Å². The Morgan fingerprint density at radius 3 is 2.46 bits per heavy atom. The van der Waals surface area contributed by atoms with Crippen molar-refractivity contribution < 1.29 is 14.8 Å². The third-order valence-electron chi connectivity index (χ3n) is 1.42. The van der Waals surface area contributed by atoms with Crippen molar-refractivity contribution in [1.82, 2.24) is 5.32 Å². The maximum Gasteiger partial charge on any atom is 0.493 e. The molecule has 1 heterocycles. The molecule has 3 N–H and O–H groups in total. The highest BCUT2D eigenvalue weighted by molar-refractivity contribution is 6.52. The minimum atomic E-state index is -1.48. The Morgan fingerprint density at radius 1 is 1.46 bits per heavy atom. The molecule has 0 saturated carbocycles. The van der Waals surface area contributed by atoms with E-state index in [-0.39, 0.29) is 0 Å². The summed E-state index contributed by atoms with van der Waals surface area (Å²) >= 11 is 0.